The van der Waals surface area contributed by atoms with E-state index in [-0.39, 0.29) is 36.2 Å². The van der Waals surface area contributed by atoms with Crippen LogP contribution >= 0.6 is 0 Å². The summed E-state index contributed by atoms with van der Waals surface area (Å²) in [4.78, 5) is 30.5. The maximum absolute atomic E-state index is 12.6. The molecule has 0 unspecified atom stereocenters. The predicted molar refractivity (Wildman–Crippen MR) is 156 cm³/mol. The fourth-order valence-electron chi connectivity index (χ4n) is 8.21. The highest BCUT2D eigenvalue weighted by Crippen LogP contribution is 2.66. The van der Waals surface area contributed by atoms with E-state index in [0.29, 0.717) is 23.5 Å². The Kier molecular flexibility index (Phi) is 8.07. The first-order chi connectivity index (χ1) is 19.5. The molecule has 0 bridgehead atoms. The molecule has 0 spiro atoms. The van der Waals surface area contributed by atoms with Crippen LogP contribution in [0.15, 0.2) is 53.2 Å². The van der Waals surface area contributed by atoms with Crippen molar-refractivity contribution in [1.29, 1.82) is 0 Å². The molecule has 3 saturated carbocycles. The molecule has 41 heavy (non-hydrogen) atoms. The van der Waals surface area contributed by atoms with Gasteiger partial charge in [-0.2, -0.15) is 0 Å². The molecule has 222 valence electrons. The lowest BCUT2D eigenvalue weighted by Gasteiger charge is -2.58. The highest BCUT2D eigenvalue weighted by Gasteiger charge is 2.62. The molecule has 0 radical (unpaired) electrons. The Labute approximate surface area is 242 Å². The second kappa shape index (κ2) is 11.3. The number of hydrogen-bond donors (Lipinski definition) is 3. The van der Waals surface area contributed by atoms with E-state index in [2.05, 4.69) is 36.5 Å². The van der Waals surface area contributed by atoms with Gasteiger partial charge in [0, 0.05) is 11.8 Å². The Hall–Kier alpha value is -3.13. The molecule has 1 amide bonds. The van der Waals surface area contributed by atoms with Gasteiger partial charge in [-0.3, -0.25) is 4.79 Å². The summed E-state index contributed by atoms with van der Waals surface area (Å²) in [6, 6.07) is 5.59. The first-order valence-corrected chi connectivity index (χ1v) is 15.0. The number of oxime groups is 1. The fourth-order valence-corrected chi connectivity index (χ4v) is 8.21. The molecule has 5 rings (SSSR count). The number of benzene rings is 1. The van der Waals surface area contributed by atoms with Crippen LogP contribution in [0.4, 0.5) is 0 Å². The molecule has 4 aliphatic rings. The first kappa shape index (κ1) is 29.4. The van der Waals surface area contributed by atoms with Crippen molar-refractivity contribution in [2.24, 2.45) is 33.7 Å². The number of hydrogen-bond acceptors (Lipinski definition) is 7. The Morgan fingerprint density at radius 1 is 1.10 bits per heavy atom. The van der Waals surface area contributed by atoms with Crippen molar-refractivity contribution in [2.75, 3.05) is 13.2 Å². The fraction of sp³-hybridized carbons (Fsp3) is 0.606. The summed E-state index contributed by atoms with van der Waals surface area (Å²) in [5, 5.41) is 27.6. The number of aliphatic hydroxyl groups is 1. The van der Waals surface area contributed by atoms with Crippen LogP contribution in [0.3, 0.4) is 0 Å². The summed E-state index contributed by atoms with van der Waals surface area (Å²) in [6.07, 6.45) is 12.9. The molecule has 8 heteroatoms. The number of carbonyl (C=O) groups is 2. The van der Waals surface area contributed by atoms with Gasteiger partial charge in [0.25, 0.3) is 5.91 Å². The standard InChI is InChI=1S/C33H44N2O6/c1-5-40-30(38)28(18-21-6-9-24(36)10-7-21)34-29(37)20-41-35-23-12-15-31(2)22(19-23)8-11-25-26(31)13-16-32(3)27(25)14-17-33(32,4)39/h6-7,9-10,12,15,19,25-28,36,39H,5,8,11,13-14,16-18,20H2,1-4H3,(H,34,37)/b35-23-/t25-,26+,27+,28+,31+,32+,33+/m1/s1. The van der Waals surface area contributed by atoms with Crippen molar-refractivity contribution >= 4 is 17.6 Å². The zero-order valence-electron chi connectivity index (χ0n) is 24.7. The van der Waals surface area contributed by atoms with Crippen LogP contribution in [0.25, 0.3) is 0 Å². The van der Waals surface area contributed by atoms with Crippen LogP contribution in [0.5, 0.6) is 5.75 Å². The van der Waals surface area contributed by atoms with E-state index in [0.717, 1.165) is 44.1 Å². The molecule has 8 nitrogen and oxygen atoms in total. The predicted octanol–water partition coefficient (Wildman–Crippen LogP) is 4.85. The lowest BCUT2D eigenvalue weighted by Crippen LogP contribution is -2.53. The van der Waals surface area contributed by atoms with Crippen molar-refractivity contribution in [1.82, 2.24) is 5.32 Å². The summed E-state index contributed by atoms with van der Waals surface area (Å²) < 4.78 is 5.14. The number of phenols is 1. The maximum atomic E-state index is 12.6. The number of ether oxygens (including phenoxy) is 1. The lowest BCUT2D eigenvalue weighted by atomic mass is 9.47. The zero-order valence-corrected chi connectivity index (χ0v) is 24.7. The average Bonchev–Trinajstić information content (AvgIpc) is 3.18. The smallest absolute Gasteiger partial charge is 0.328 e. The van der Waals surface area contributed by atoms with Crippen molar-refractivity contribution in [3.05, 3.63) is 53.6 Å². The number of phenolic OH excluding ortho intramolecular Hbond substituents is 1. The molecular formula is C33H44N2O6. The van der Waals surface area contributed by atoms with E-state index in [1.807, 2.05) is 13.0 Å². The van der Waals surface area contributed by atoms with Gasteiger partial charge in [-0.05, 0) is 105 Å². The van der Waals surface area contributed by atoms with E-state index < -0.39 is 23.5 Å². The molecule has 3 N–H and O–H groups in total. The molecule has 0 saturated heterocycles. The minimum Gasteiger partial charge on any atom is -0.508 e. The number of allylic oxidation sites excluding steroid dienone is 4. The second-order valence-corrected chi connectivity index (χ2v) is 13.0. The third kappa shape index (κ3) is 5.55. The van der Waals surface area contributed by atoms with Gasteiger partial charge >= 0.3 is 5.97 Å². The van der Waals surface area contributed by atoms with E-state index >= 15 is 0 Å². The van der Waals surface area contributed by atoms with Crippen molar-refractivity contribution in [2.45, 2.75) is 84.3 Å². The SMILES string of the molecule is CCOC(=O)[C@H](Cc1ccc(O)cc1)NC(=O)CO/N=C1/C=C[C@@]2(C)C(=C1)CC[C@@H]1[C@@H]2CC[C@@]2(C)[C@H]1CC[C@]2(C)O. The number of fused-ring (bicyclic) bond motifs is 5. The number of carbonyl (C=O) groups excluding carboxylic acids is 2. The Balaban J connectivity index is 1.19. The zero-order chi connectivity index (χ0) is 29.4. The number of rotatable bonds is 8. The largest absolute Gasteiger partial charge is 0.508 e. The number of nitrogens with zero attached hydrogens (tertiary/aromatic N) is 1. The molecule has 1 aromatic carbocycles. The van der Waals surface area contributed by atoms with Crippen LogP contribution in [0, 0.1) is 28.6 Å². The van der Waals surface area contributed by atoms with E-state index in [9.17, 15) is 19.8 Å². The third-order valence-electron chi connectivity index (χ3n) is 10.8. The summed E-state index contributed by atoms with van der Waals surface area (Å²) >= 11 is 0. The maximum Gasteiger partial charge on any atom is 0.328 e. The normalized spacial score (nSPS) is 35.5. The minimum atomic E-state index is -0.878. The molecule has 1 aromatic rings. The van der Waals surface area contributed by atoms with Crippen molar-refractivity contribution in [3.63, 3.8) is 0 Å². The highest BCUT2D eigenvalue weighted by atomic mass is 16.6. The van der Waals surface area contributed by atoms with E-state index in [1.165, 1.54) is 17.7 Å². The van der Waals surface area contributed by atoms with Crippen molar-refractivity contribution in [3.8, 4) is 5.75 Å². The molecule has 3 fully saturated rings. The Morgan fingerprint density at radius 3 is 2.56 bits per heavy atom. The Morgan fingerprint density at radius 2 is 1.83 bits per heavy atom. The van der Waals surface area contributed by atoms with E-state index in [4.69, 9.17) is 9.57 Å². The molecule has 0 heterocycles. The van der Waals surface area contributed by atoms with Gasteiger partial charge in [0.1, 0.15) is 17.5 Å². The summed E-state index contributed by atoms with van der Waals surface area (Å²) in [7, 11) is 0. The highest BCUT2D eigenvalue weighted by molar-refractivity contribution is 6.05. The third-order valence-corrected chi connectivity index (χ3v) is 10.8. The van der Waals surface area contributed by atoms with Gasteiger partial charge in [-0.1, -0.05) is 42.8 Å². The van der Waals surface area contributed by atoms with Crippen LogP contribution in [-0.4, -0.2) is 52.7 Å². The van der Waals surface area contributed by atoms with Crippen molar-refractivity contribution < 1.29 is 29.4 Å². The molecular weight excluding hydrogens is 520 g/mol. The lowest BCUT2D eigenvalue weighted by molar-refractivity contribution is -0.147. The number of amides is 1. The topological polar surface area (TPSA) is 117 Å². The van der Waals surface area contributed by atoms with Crippen LogP contribution < -0.4 is 5.32 Å². The van der Waals surface area contributed by atoms with Crippen LogP contribution in [-0.2, 0) is 25.6 Å². The second-order valence-electron chi connectivity index (χ2n) is 13.0. The van der Waals surface area contributed by atoms with Gasteiger partial charge < -0.3 is 25.1 Å². The number of esters is 1. The van der Waals surface area contributed by atoms with Gasteiger partial charge in [-0.25, -0.2) is 4.79 Å². The average molecular weight is 565 g/mol. The van der Waals surface area contributed by atoms with E-state index in [1.54, 1.807) is 19.1 Å². The van der Waals surface area contributed by atoms with Gasteiger partial charge in [0.05, 0.1) is 12.2 Å². The van der Waals surface area contributed by atoms with Crippen LogP contribution in [0.2, 0.25) is 0 Å². The number of aromatic hydroxyl groups is 1. The van der Waals surface area contributed by atoms with Crippen LogP contribution in [0.1, 0.15) is 71.8 Å². The summed E-state index contributed by atoms with van der Waals surface area (Å²) in [5.74, 6) is 0.852. The van der Waals surface area contributed by atoms with Gasteiger partial charge in [0.2, 0.25) is 0 Å². The molecule has 7 atom stereocenters. The first-order valence-electron chi connectivity index (χ1n) is 15.0. The summed E-state index contributed by atoms with van der Waals surface area (Å²) in [6.45, 7) is 8.29. The quantitative estimate of drug-likeness (QED) is 0.307. The monoisotopic (exact) mass is 564 g/mol. The Bertz CT molecular complexity index is 1250. The van der Waals surface area contributed by atoms with Gasteiger partial charge in [0.15, 0.2) is 6.61 Å². The molecule has 0 aliphatic heterocycles. The summed E-state index contributed by atoms with van der Waals surface area (Å²) in [5.41, 5.74) is 2.21. The molecule has 4 aliphatic carbocycles. The van der Waals surface area contributed by atoms with Gasteiger partial charge in [-0.15, -0.1) is 0 Å². The minimum absolute atomic E-state index is 0.00149. The number of nitrogens with one attached hydrogen (secondary N) is 1. The molecule has 0 aromatic heterocycles.